The van der Waals surface area contributed by atoms with Crippen molar-refractivity contribution in [3.05, 3.63) is 57.1 Å². The molecule has 1 aliphatic heterocycles. The van der Waals surface area contributed by atoms with E-state index in [-0.39, 0.29) is 24.1 Å². The standard InChI is InChI=1S/C20H22N4O3/c1-5-14-12(3)22-24-18(25)9-15(21-20(14)24)13(4)23-16-8-11(2)6-7-17(16)27-10-19(23)26/h6-9,13,22H,5,10H2,1-4H3. The van der Waals surface area contributed by atoms with E-state index in [9.17, 15) is 9.59 Å². The Morgan fingerprint density at radius 2 is 2.04 bits per heavy atom. The third-order valence-electron chi connectivity index (χ3n) is 5.10. The summed E-state index contributed by atoms with van der Waals surface area (Å²) in [5.74, 6) is 0.514. The van der Waals surface area contributed by atoms with E-state index in [4.69, 9.17) is 9.72 Å². The van der Waals surface area contributed by atoms with Gasteiger partial charge in [0.05, 0.1) is 17.4 Å². The van der Waals surface area contributed by atoms with Crippen molar-refractivity contribution in [1.29, 1.82) is 0 Å². The summed E-state index contributed by atoms with van der Waals surface area (Å²) >= 11 is 0. The van der Waals surface area contributed by atoms with Crippen molar-refractivity contribution in [3.8, 4) is 5.75 Å². The molecule has 1 N–H and O–H groups in total. The summed E-state index contributed by atoms with van der Waals surface area (Å²) in [6.07, 6.45) is 0.765. The van der Waals surface area contributed by atoms with Gasteiger partial charge in [-0.15, -0.1) is 0 Å². The van der Waals surface area contributed by atoms with Crippen LogP contribution in [0.5, 0.6) is 5.75 Å². The summed E-state index contributed by atoms with van der Waals surface area (Å²) in [6, 6.07) is 6.84. The van der Waals surface area contributed by atoms with Crippen molar-refractivity contribution in [1.82, 2.24) is 14.6 Å². The van der Waals surface area contributed by atoms with Crippen LogP contribution in [-0.4, -0.2) is 27.1 Å². The number of aromatic amines is 1. The Morgan fingerprint density at radius 3 is 2.78 bits per heavy atom. The molecular weight excluding hydrogens is 344 g/mol. The van der Waals surface area contributed by atoms with Gasteiger partial charge < -0.3 is 4.74 Å². The van der Waals surface area contributed by atoms with Crippen molar-refractivity contribution in [2.45, 2.75) is 40.2 Å². The van der Waals surface area contributed by atoms with E-state index in [1.165, 1.54) is 10.6 Å². The second kappa shape index (κ2) is 6.26. The molecule has 27 heavy (non-hydrogen) atoms. The number of nitrogens with zero attached hydrogens (tertiary/aromatic N) is 3. The summed E-state index contributed by atoms with van der Waals surface area (Å²) in [7, 11) is 0. The molecule has 0 fully saturated rings. The SMILES string of the molecule is CCc1c(C)[nH]n2c(=O)cc(C(C)N3C(=O)COc4ccc(C)cc43)nc12. The quantitative estimate of drug-likeness (QED) is 0.773. The van der Waals surface area contributed by atoms with Crippen LogP contribution in [0, 0.1) is 13.8 Å². The predicted octanol–water partition coefficient (Wildman–Crippen LogP) is 2.69. The van der Waals surface area contributed by atoms with Crippen LogP contribution < -0.4 is 15.2 Å². The topological polar surface area (TPSA) is 79.7 Å². The average Bonchev–Trinajstić information content (AvgIpc) is 2.96. The summed E-state index contributed by atoms with van der Waals surface area (Å²) in [6.45, 7) is 7.79. The number of nitrogens with one attached hydrogen (secondary N) is 1. The maximum absolute atomic E-state index is 12.6. The van der Waals surface area contributed by atoms with Crippen molar-refractivity contribution in [2.24, 2.45) is 0 Å². The van der Waals surface area contributed by atoms with Gasteiger partial charge in [0.2, 0.25) is 0 Å². The lowest BCUT2D eigenvalue weighted by Crippen LogP contribution is -2.41. The van der Waals surface area contributed by atoms with Crippen LogP contribution in [0.1, 0.15) is 42.4 Å². The number of amides is 1. The molecule has 0 aliphatic carbocycles. The number of ether oxygens (including phenoxy) is 1. The molecule has 1 aromatic carbocycles. The van der Waals surface area contributed by atoms with Gasteiger partial charge in [0, 0.05) is 17.3 Å². The number of hydrogen-bond acceptors (Lipinski definition) is 4. The smallest absolute Gasteiger partial charge is 0.272 e. The fourth-order valence-electron chi connectivity index (χ4n) is 3.69. The molecule has 140 valence electrons. The maximum Gasteiger partial charge on any atom is 0.272 e. The zero-order valence-corrected chi connectivity index (χ0v) is 15.9. The number of benzene rings is 1. The van der Waals surface area contributed by atoms with E-state index in [2.05, 4.69) is 5.10 Å². The average molecular weight is 366 g/mol. The fraction of sp³-hybridized carbons (Fsp3) is 0.350. The highest BCUT2D eigenvalue weighted by atomic mass is 16.5. The van der Waals surface area contributed by atoms with Crippen LogP contribution in [0.3, 0.4) is 0 Å². The van der Waals surface area contributed by atoms with Gasteiger partial charge in [-0.05, 0) is 44.9 Å². The first-order chi connectivity index (χ1) is 12.9. The molecule has 4 rings (SSSR count). The molecule has 7 nitrogen and oxygen atoms in total. The molecule has 7 heteroatoms. The van der Waals surface area contributed by atoms with Crippen LogP contribution in [0.25, 0.3) is 5.65 Å². The van der Waals surface area contributed by atoms with E-state index < -0.39 is 0 Å². The van der Waals surface area contributed by atoms with Gasteiger partial charge in [-0.25, -0.2) is 9.50 Å². The number of anilines is 1. The highest BCUT2D eigenvalue weighted by Gasteiger charge is 2.31. The van der Waals surface area contributed by atoms with Crippen LogP contribution in [0.2, 0.25) is 0 Å². The van der Waals surface area contributed by atoms with Crippen molar-refractivity contribution >= 4 is 17.2 Å². The minimum Gasteiger partial charge on any atom is -0.482 e. The number of carbonyl (C=O) groups excluding carboxylic acids is 1. The first-order valence-electron chi connectivity index (χ1n) is 9.07. The third kappa shape index (κ3) is 2.70. The van der Waals surface area contributed by atoms with Gasteiger partial charge >= 0.3 is 0 Å². The molecule has 0 saturated heterocycles. The summed E-state index contributed by atoms with van der Waals surface area (Å²) in [5.41, 5.74) is 4.67. The first-order valence-corrected chi connectivity index (χ1v) is 9.07. The largest absolute Gasteiger partial charge is 0.482 e. The van der Waals surface area contributed by atoms with Crippen LogP contribution in [0.4, 0.5) is 5.69 Å². The van der Waals surface area contributed by atoms with Crippen molar-refractivity contribution in [2.75, 3.05) is 11.5 Å². The van der Waals surface area contributed by atoms with Crippen molar-refractivity contribution in [3.63, 3.8) is 0 Å². The number of carbonyl (C=O) groups is 1. The predicted molar refractivity (Wildman–Crippen MR) is 103 cm³/mol. The molecule has 1 unspecified atom stereocenters. The van der Waals surface area contributed by atoms with Gasteiger partial charge in [-0.2, -0.15) is 0 Å². The molecule has 1 aliphatic rings. The molecule has 1 atom stereocenters. The third-order valence-corrected chi connectivity index (χ3v) is 5.10. The molecular formula is C20H22N4O3. The van der Waals surface area contributed by atoms with E-state index in [1.807, 2.05) is 45.9 Å². The van der Waals surface area contributed by atoms with Crippen molar-refractivity contribution < 1.29 is 9.53 Å². The number of H-pyrrole nitrogens is 1. The zero-order valence-electron chi connectivity index (χ0n) is 15.9. The summed E-state index contributed by atoms with van der Waals surface area (Å²) in [4.78, 5) is 31.7. The lowest BCUT2D eigenvalue weighted by molar-refractivity contribution is -0.121. The lowest BCUT2D eigenvalue weighted by Gasteiger charge is -2.34. The highest BCUT2D eigenvalue weighted by Crippen LogP contribution is 2.37. The summed E-state index contributed by atoms with van der Waals surface area (Å²) in [5, 5.41) is 3.06. The number of hydrogen-bond donors (Lipinski definition) is 1. The Bertz CT molecular complexity index is 1110. The molecule has 0 saturated carbocycles. The van der Waals surface area contributed by atoms with Gasteiger partial charge in [0.15, 0.2) is 12.3 Å². The maximum atomic E-state index is 12.6. The van der Waals surface area contributed by atoms with Gasteiger partial charge in [-0.1, -0.05) is 13.0 Å². The molecule has 2 aromatic heterocycles. The molecule has 0 spiro atoms. The highest BCUT2D eigenvalue weighted by molar-refractivity contribution is 5.98. The normalized spacial score (nSPS) is 15.0. The summed E-state index contributed by atoms with van der Waals surface area (Å²) < 4.78 is 7.02. The molecule has 0 bridgehead atoms. The minimum atomic E-state index is -0.389. The molecule has 3 heterocycles. The Balaban J connectivity index is 1.86. The Hall–Kier alpha value is -3.09. The van der Waals surface area contributed by atoms with E-state index in [0.717, 1.165) is 23.2 Å². The van der Waals surface area contributed by atoms with Crippen LogP contribution in [0.15, 0.2) is 29.1 Å². The Kier molecular flexibility index (Phi) is 4.02. The number of fused-ring (bicyclic) bond motifs is 2. The number of aromatic nitrogens is 3. The van der Waals surface area contributed by atoms with Crippen LogP contribution in [-0.2, 0) is 11.2 Å². The lowest BCUT2D eigenvalue weighted by atomic mass is 10.1. The van der Waals surface area contributed by atoms with Gasteiger partial charge in [0.1, 0.15) is 5.75 Å². The molecule has 1 amide bonds. The minimum absolute atomic E-state index is 0.0227. The zero-order chi connectivity index (χ0) is 19.3. The van der Waals surface area contributed by atoms with E-state index in [1.54, 1.807) is 4.90 Å². The molecule has 3 aromatic rings. The number of aryl methyl sites for hydroxylation is 3. The second-order valence-electron chi connectivity index (χ2n) is 6.95. The first kappa shape index (κ1) is 17.3. The van der Waals surface area contributed by atoms with E-state index in [0.29, 0.717) is 22.8 Å². The Morgan fingerprint density at radius 1 is 1.26 bits per heavy atom. The second-order valence-corrected chi connectivity index (χ2v) is 6.95. The van der Waals surface area contributed by atoms with Crippen LogP contribution >= 0.6 is 0 Å². The fourth-order valence-corrected chi connectivity index (χ4v) is 3.69. The number of rotatable bonds is 3. The Labute approximate surface area is 156 Å². The molecule has 0 radical (unpaired) electrons. The van der Waals surface area contributed by atoms with Gasteiger partial charge in [0.25, 0.3) is 11.5 Å². The monoisotopic (exact) mass is 366 g/mol. The van der Waals surface area contributed by atoms with Gasteiger partial charge in [-0.3, -0.25) is 19.6 Å². The van der Waals surface area contributed by atoms with E-state index >= 15 is 0 Å².